The lowest BCUT2D eigenvalue weighted by Crippen LogP contribution is -2.42. The Labute approximate surface area is 202 Å². The van der Waals surface area contributed by atoms with Crippen LogP contribution in [-0.4, -0.2) is 53.8 Å². The average Bonchev–Trinajstić information content (AvgIpc) is 2.78. The molecule has 0 saturated heterocycles. The summed E-state index contributed by atoms with van der Waals surface area (Å²) in [5, 5.41) is 14.4. The molecular formula is C25H42N4O5. The first-order valence-corrected chi connectivity index (χ1v) is 12.1. The largest absolute Gasteiger partial charge is 0.423 e. The molecule has 2 rings (SSSR count). The number of rotatable bonds is 13. The number of nitrogens with one attached hydrogen (secondary N) is 2. The molecule has 0 aliphatic heterocycles. The minimum atomic E-state index is -1.14. The molecule has 2 unspecified atom stereocenters. The summed E-state index contributed by atoms with van der Waals surface area (Å²) in [6.45, 7) is 14.4. The molecule has 0 bridgehead atoms. The Hall–Kier alpha value is -2.04. The van der Waals surface area contributed by atoms with E-state index in [2.05, 4.69) is 35.6 Å². The Kier molecular flexibility index (Phi) is 10.0. The number of fused-ring (bicyclic) bond motifs is 1. The number of nitrogens with two attached hydrogens (primary N) is 1. The van der Waals surface area contributed by atoms with Crippen LogP contribution in [0.25, 0.3) is 12.2 Å². The Bertz CT molecular complexity index is 998. The van der Waals surface area contributed by atoms with Crippen LogP contribution in [0.5, 0.6) is 0 Å². The molecule has 1 amide bonds. The lowest BCUT2D eigenvalue weighted by Gasteiger charge is -2.29. The number of carbonyl (C=O) groups excluding carboxylic acids is 1. The van der Waals surface area contributed by atoms with Gasteiger partial charge in [0.1, 0.15) is 11.6 Å². The van der Waals surface area contributed by atoms with E-state index in [4.69, 9.17) is 15.0 Å². The van der Waals surface area contributed by atoms with Crippen molar-refractivity contribution in [1.82, 2.24) is 15.6 Å². The fourth-order valence-corrected chi connectivity index (χ4v) is 4.02. The van der Waals surface area contributed by atoms with Crippen molar-refractivity contribution in [3.05, 3.63) is 32.7 Å². The molecule has 9 nitrogen and oxygen atoms in total. The van der Waals surface area contributed by atoms with Crippen molar-refractivity contribution in [2.45, 2.75) is 78.7 Å². The zero-order valence-corrected chi connectivity index (χ0v) is 21.4. The zero-order chi connectivity index (χ0) is 25.5. The summed E-state index contributed by atoms with van der Waals surface area (Å²) in [7, 11) is 0. The molecule has 2 atom stereocenters. The van der Waals surface area contributed by atoms with E-state index in [0.717, 1.165) is 24.7 Å². The second-order valence-corrected chi connectivity index (χ2v) is 10.0. The number of aliphatic hydroxyl groups excluding tert-OH is 1. The minimum Gasteiger partial charge on any atom is -0.423 e. The molecule has 0 radical (unpaired) electrons. The molecule has 34 heavy (non-hydrogen) atoms. The quantitative estimate of drug-likeness (QED) is 0.139. The molecule has 1 aromatic rings. The van der Waals surface area contributed by atoms with Crippen molar-refractivity contribution in [2.75, 3.05) is 26.2 Å². The van der Waals surface area contributed by atoms with Crippen molar-refractivity contribution >= 4 is 18.1 Å². The number of ether oxygens (including phenoxy) is 1. The molecule has 0 spiro atoms. The van der Waals surface area contributed by atoms with Gasteiger partial charge in [0.15, 0.2) is 0 Å². The second-order valence-electron chi connectivity index (χ2n) is 10.0. The van der Waals surface area contributed by atoms with Crippen molar-refractivity contribution < 1.29 is 19.1 Å². The fourth-order valence-electron chi connectivity index (χ4n) is 4.02. The molecule has 0 saturated carbocycles. The SMILES string of the molecule is CCN(CC)C1C=c2oc(=O)c(C(O)NCCC(C)(C)OCCC(C)(C)C(=O)NN)cc2=CC1. The normalized spacial score (nSPS) is 17.0. The van der Waals surface area contributed by atoms with Crippen molar-refractivity contribution in [1.29, 1.82) is 0 Å². The predicted octanol–water partition coefficient (Wildman–Crippen LogP) is 0.487. The van der Waals surface area contributed by atoms with Gasteiger partial charge in [0.2, 0.25) is 5.91 Å². The standard InChI is InChI=1S/C25H42N4O5/c1-7-29(8-2)18-10-9-17-15-19(22(31)34-20(17)16-18)21(30)27-13-11-25(5,6)33-14-12-24(3,4)23(32)28-26/h9,15-16,18,21,27,30H,7-8,10-14,26H2,1-6H3,(H,28,32). The summed E-state index contributed by atoms with van der Waals surface area (Å²) in [5.74, 6) is 4.99. The average molecular weight is 479 g/mol. The first-order valence-electron chi connectivity index (χ1n) is 12.1. The Morgan fingerprint density at radius 2 is 1.97 bits per heavy atom. The van der Waals surface area contributed by atoms with Crippen LogP contribution in [0.3, 0.4) is 0 Å². The van der Waals surface area contributed by atoms with Gasteiger partial charge in [-0.25, -0.2) is 10.6 Å². The maximum absolute atomic E-state index is 12.5. The fraction of sp³-hybridized carbons (Fsp3) is 0.680. The van der Waals surface area contributed by atoms with Gasteiger partial charge in [0.25, 0.3) is 0 Å². The molecule has 1 aromatic heterocycles. The number of nitrogens with zero attached hydrogens (tertiary/aromatic N) is 1. The number of hydrogen-bond acceptors (Lipinski definition) is 8. The van der Waals surface area contributed by atoms with Crippen LogP contribution < -0.4 is 32.8 Å². The molecule has 1 aliphatic carbocycles. The van der Waals surface area contributed by atoms with Gasteiger partial charge < -0.3 is 14.3 Å². The van der Waals surface area contributed by atoms with Crippen molar-refractivity contribution in [3.8, 4) is 0 Å². The zero-order valence-electron chi connectivity index (χ0n) is 21.4. The van der Waals surface area contributed by atoms with Gasteiger partial charge in [0.05, 0.1) is 11.2 Å². The van der Waals surface area contributed by atoms with Crippen LogP contribution in [0, 0.1) is 5.41 Å². The Morgan fingerprint density at radius 3 is 2.59 bits per heavy atom. The monoisotopic (exact) mass is 478 g/mol. The summed E-state index contributed by atoms with van der Waals surface area (Å²) >= 11 is 0. The first-order chi connectivity index (χ1) is 15.9. The number of amides is 1. The predicted molar refractivity (Wildman–Crippen MR) is 133 cm³/mol. The van der Waals surface area contributed by atoms with Crippen molar-refractivity contribution in [2.24, 2.45) is 11.3 Å². The van der Waals surface area contributed by atoms with Crippen LogP contribution >= 0.6 is 0 Å². The van der Waals surface area contributed by atoms with Gasteiger partial charge in [-0.2, -0.15) is 0 Å². The van der Waals surface area contributed by atoms with Crippen LogP contribution in [0.1, 0.15) is 72.6 Å². The molecule has 0 aromatic carbocycles. The topological polar surface area (TPSA) is 130 Å². The van der Waals surface area contributed by atoms with Gasteiger partial charge >= 0.3 is 5.63 Å². The van der Waals surface area contributed by atoms with E-state index in [1.807, 2.05) is 33.8 Å². The highest BCUT2D eigenvalue weighted by atomic mass is 16.5. The summed E-state index contributed by atoms with van der Waals surface area (Å²) in [6, 6.07) is 1.91. The van der Waals surface area contributed by atoms with Gasteiger partial charge in [-0.05, 0) is 58.3 Å². The molecule has 5 N–H and O–H groups in total. The number of hydrogen-bond donors (Lipinski definition) is 4. The summed E-state index contributed by atoms with van der Waals surface area (Å²) in [4.78, 5) is 26.6. The third-order valence-electron chi connectivity index (χ3n) is 6.56. The Balaban J connectivity index is 1.94. The van der Waals surface area contributed by atoms with Gasteiger partial charge in [0, 0.05) is 29.8 Å². The molecule has 192 valence electrons. The van der Waals surface area contributed by atoms with Crippen LogP contribution in [-0.2, 0) is 9.53 Å². The van der Waals surface area contributed by atoms with E-state index in [1.165, 1.54) is 0 Å². The van der Waals surface area contributed by atoms with E-state index in [-0.39, 0.29) is 17.5 Å². The highest BCUT2D eigenvalue weighted by molar-refractivity contribution is 5.81. The molecule has 1 aliphatic rings. The second kappa shape index (κ2) is 12.1. The summed E-state index contributed by atoms with van der Waals surface area (Å²) in [6.07, 6.45) is 4.86. The minimum absolute atomic E-state index is 0.193. The summed E-state index contributed by atoms with van der Waals surface area (Å²) < 4.78 is 11.5. The van der Waals surface area contributed by atoms with Crippen LogP contribution in [0.15, 0.2) is 15.3 Å². The van der Waals surface area contributed by atoms with E-state index in [1.54, 1.807) is 6.07 Å². The lowest BCUT2D eigenvalue weighted by molar-refractivity contribution is -0.131. The molecule has 1 heterocycles. The third kappa shape index (κ3) is 7.48. The molecule has 0 fully saturated rings. The summed E-state index contributed by atoms with van der Waals surface area (Å²) in [5.41, 5.74) is 1.28. The number of carbonyl (C=O) groups is 1. The smallest absolute Gasteiger partial charge is 0.343 e. The lowest BCUT2D eigenvalue weighted by atomic mass is 9.89. The van der Waals surface area contributed by atoms with E-state index >= 15 is 0 Å². The van der Waals surface area contributed by atoms with Crippen LogP contribution in [0.2, 0.25) is 0 Å². The molecule has 9 heteroatoms. The van der Waals surface area contributed by atoms with Gasteiger partial charge in [-0.3, -0.25) is 20.4 Å². The highest BCUT2D eigenvalue weighted by Crippen LogP contribution is 2.23. The third-order valence-corrected chi connectivity index (χ3v) is 6.56. The van der Waals surface area contributed by atoms with Crippen LogP contribution in [0.4, 0.5) is 0 Å². The highest BCUT2D eigenvalue weighted by Gasteiger charge is 2.28. The van der Waals surface area contributed by atoms with E-state index < -0.39 is 22.9 Å². The van der Waals surface area contributed by atoms with E-state index in [9.17, 15) is 14.7 Å². The maximum Gasteiger partial charge on any atom is 0.343 e. The van der Waals surface area contributed by atoms with E-state index in [0.29, 0.717) is 31.4 Å². The molecular weight excluding hydrogens is 436 g/mol. The maximum atomic E-state index is 12.5. The number of hydrazine groups is 1. The van der Waals surface area contributed by atoms with Gasteiger partial charge in [-0.1, -0.05) is 33.8 Å². The van der Waals surface area contributed by atoms with Gasteiger partial charge in [-0.15, -0.1) is 0 Å². The number of aliphatic hydroxyl groups is 1. The van der Waals surface area contributed by atoms with Crippen molar-refractivity contribution in [3.63, 3.8) is 0 Å². The Morgan fingerprint density at radius 1 is 1.29 bits per heavy atom. The first kappa shape index (κ1) is 28.2.